The van der Waals surface area contributed by atoms with E-state index < -0.39 is 0 Å². The molecule has 4 rings (SSSR count). The van der Waals surface area contributed by atoms with Crippen molar-refractivity contribution in [1.82, 2.24) is 9.88 Å². The number of piperidine rings is 1. The third kappa shape index (κ3) is 5.11. The van der Waals surface area contributed by atoms with Crippen molar-refractivity contribution < 1.29 is 9.53 Å². The fourth-order valence-electron chi connectivity index (χ4n) is 4.50. The Hall–Kier alpha value is -2.59. The van der Waals surface area contributed by atoms with Crippen LogP contribution in [0.25, 0.3) is 10.9 Å². The molecule has 0 bridgehead atoms. The largest absolute Gasteiger partial charge is 0.427 e. The van der Waals surface area contributed by atoms with Crippen LogP contribution in [0.1, 0.15) is 56.1 Å². The number of H-pyrrole nitrogens is 1. The molecule has 1 aromatic heterocycles. The van der Waals surface area contributed by atoms with Gasteiger partial charge in [0, 0.05) is 23.5 Å². The number of likely N-dealkylation sites (tertiary alicyclic amines) is 1. The number of aromatic nitrogens is 1. The summed E-state index contributed by atoms with van der Waals surface area (Å²) >= 11 is 0. The first-order chi connectivity index (χ1) is 14.7. The number of hydrogen-bond acceptors (Lipinski definition) is 3. The van der Waals surface area contributed by atoms with Gasteiger partial charge in [0.2, 0.25) is 0 Å². The third-order valence-corrected chi connectivity index (χ3v) is 6.29. The molecule has 158 valence electrons. The summed E-state index contributed by atoms with van der Waals surface area (Å²) in [6.45, 7) is 5.41. The molecule has 0 spiro atoms. The van der Waals surface area contributed by atoms with E-state index in [9.17, 15) is 4.79 Å². The molecule has 1 saturated heterocycles. The van der Waals surface area contributed by atoms with Crippen LogP contribution in [0, 0.1) is 0 Å². The first-order valence-corrected chi connectivity index (χ1v) is 11.3. The number of aromatic amines is 1. The van der Waals surface area contributed by atoms with Crippen molar-refractivity contribution >= 4 is 16.9 Å². The van der Waals surface area contributed by atoms with E-state index in [1.807, 2.05) is 25.1 Å². The molecule has 1 N–H and O–H groups in total. The maximum Gasteiger partial charge on any atom is 0.310 e. The van der Waals surface area contributed by atoms with Crippen molar-refractivity contribution in [2.45, 2.75) is 51.4 Å². The van der Waals surface area contributed by atoms with Crippen LogP contribution in [0.15, 0.2) is 54.7 Å². The molecule has 0 unspecified atom stereocenters. The van der Waals surface area contributed by atoms with Gasteiger partial charge in [-0.3, -0.25) is 4.79 Å². The molecule has 3 aromatic rings. The second kappa shape index (κ2) is 9.94. The Labute approximate surface area is 179 Å². The number of fused-ring (bicyclic) bond motifs is 1. The molecule has 0 saturated carbocycles. The van der Waals surface area contributed by atoms with Gasteiger partial charge in [0.15, 0.2) is 0 Å². The van der Waals surface area contributed by atoms with Gasteiger partial charge in [0.05, 0.1) is 0 Å². The minimum atomic E-state index is -0.192. The number of hydrogen-bond donors (Lipinski definition) is 1. The summed E-state index contributed by atoms with van der Waals surface area (Å²) in [5.74, 6) is 1.17. The number of ether oxygens (including phenoxy) is 1. The normalized spacial score (nSPS) is 15.5. The van der Waals surface area contributed by atoms with Crippen LogP contribution in [0.2, 0.25) is 0 Å². The molecule has 0 amide bonds. The van der Waals surface area contributed by atoms with Crippen LogP contribution in [-0.4, -0.2) is 35.5 Å². The summed E-state index contributed by atoms with van der Waals surface area (Å²) in [6.07, 6.45) is 8.46. The lowest BCUT2D eigenvalue weighted by Crippen LogP contribution is -2.33. The van der Waals surface area contributed by atoms with Crippen LogP contribution in [0.5, 0.6) is 5.75 Å². The van der Waals surface area contributed by atoms with E-state index in [2.05, 4.69) is 46.4 Å². The summed E-state index contributed by atoms with van der Waals surface area (Å²) in [5, 5.41) is 1.17. The van der Waals surface area contributed by atoms with Gasteiger partial charge in [-0.05, 0) is 87.0 Å². The topological polar surface area (TPSA) is 45.3 Å². The SMILES string of the molecule is CCC(=O)Oc1ccc2[nH]cc(CCCCN3CCC(c4ccccc4)CC3)c2c1. The van der Waals surface area contributed by atoms with E-state index in [0.717, 1.165) is 17.9 Å². The molecule has 0 radical (unpaired) electrons. The quantitative estimate of drug-likeness (QED) is 0.298. The zero-order valence-corrected chi connectivity index (χ0v) is 17.9. The number of esters is 1. The molecule has 2 aromatic carbocycles. The second-order valence-corrected chi connectivity index (χ2v) is 8.33. The second-order valence-electron chi connectivity index (χ2n) is 8.33. The van der Waals surface area contributed by atoms with Crippen LogP contribution in [0.4, 0.5) is 0 Å². The number of carbonyl (C=O) groups excluding carboxylic acids is 1. The number of carbonyl (C=O) groups is 1. The number of rotatable bonds is 8. The maximum atomic E-state index is 11.6. The number of nitrogens with zero attached hydrogens (tertiary/aromatic N) is 1. The highest BCUT2D eigenvalue weighted by molar-refractivity contribution is 5.85. The summed E-state index contributed by atoms with van der Waals surface area (Å²) in [7, 11) is 0. The smallest absolute Gasteiger partial charge is 0.310 e. The molecular weight excluding hydrogens is 372 g/mol. The number of aryl methyl sites for hydroxylation is 1. The molecule has 1 fully saturated rings. The van der Waals surface area contributed by atoms with Crippen LogP contribution >= 0.6 is 0 Å². The van der Waals surface area contributed by atoms with E-state index in [4.69, 9.17) is 4.74 Å². The van der Waals surface area contributed by atoms with Crippen molar-refractivity contribution in [1.29, 1.82) is 0 Å². The monoisotopic (exact) mass is 404 g/mol. The van der Waals surface area contributed by atoms with Gasteiger partial charge < -0.3 is 14.6 Å². The Morgan fingerprint density at radius 1 is 1.10 bits per heavy atom. The zero-order valence-electron chi connectivity index (χ0n) is 17.9. The maximum absolute atomic E-state index is 11.6. The van der Waals surface area contributed by atoms with Crippen molar-refractivity contribution in [3.05, 3.63) is 65.9 Å². The minimum absolute atomic E-state index is 0.192. The van der Waals surface area contributed by atoms with Gasteiger partial charge >= 0.3 is 5.97 Å². The number of unbranched alkanes of at least 4 members (excludes halogenated alkanes) is 1. The predicted octanol–water partition coefficient (Wildman–Crippen LogP) is 5.69. The first kappa shape index (κ1) is 20.7. The van der Waals surface area contributed by atoms with E-state index in [1.165, 1.54) is 61.8 Å². The number of nitrogens with one attached hydrogen (secondary N) is 1. The Balaban J connectivity index is 1.23. The number of benzene rings is 2. The first-order valence-electron chi connectivity index (χ1n) is 11.3. The van der Waals surface area contributed by atoms with E-state index in [0.29, 0.717) is 12.2 Å². The zero-order chi connectivity index (χ0) is 20.8. The van der Waals surface area contributed by atoms with Crippen molar-refractivity contribution in [2.75, 3.05) is 19.6 Å². The highest BCUT2D eigenvalue weighted by Crippen LogP contribution is 2.28. The highest BCUT2D eigenvalue weighted by Gasteiger charge is 2.19. The van der Waals surface area contributed by atoms with E-state index in [1.54, 1.807) is 0 Å². The Morgan fingerprint density at radius 2 is 1.90 bits per heavy atom. The third-order valence-electron chi connectivity index (χ3n) is 6.29. The lowest BCUT2D eigenvalue weighted by atomic mass is 9.89. The summed E-state index contributed by atoms with van der Waals surface area (Å²) in [6, 6.07) is 16.8. The molecule has 2 heterocycles. The lowest BCUT2D eigenvalue weighted by molar-refractivity contribution is -0.134. The molecule has 4 heteroatoms. The molecular formula is C26H32N2O2. The molecule has 0 aliphatic carbocycles. The van der Waals surface area contributed by atoms with Gasteiger partial charge in [-0.25, -0.2) is 0 Å². The van der Waals surface area contributed by atoms with Crippen molar-refractivity contribution in [2.24, 2.45) is 0 Å². The van der Waals surface area contributed by atoms with Crippen LogP contribution < -0.4 is 4.74 Å². The summed E-state index contributed by atoms with van der Waals surface area (Å²) < 4.78 is 5.38. The summed E-state index contributed by atoms with van der Waals surface area (Å²) in [4.78, 5) is 17.5. The molecule has 1 aliphatic heterocycles. The Bertz CT molecular complexity index is 956. The van der Waals surface area contributed by atoms with Gasteiger partial charge in [-0.2, -0.15) is 0 Å². The Morgan fingerprint density at radius 3 is 2.67 bits per heavy atom. The van der Waals surface area contributed by atoms with E-state index in [-0.39, 0.29) is 5.97 Å². The van der Waals surface area contributed by atoms with Gasteiger partial charge in [0.1, 0.15) is 5.75 Å². The Kier molecular flexibility index (Phi) is 6.85. The van der Waals surface area contributed by atoms with Gasteiger partial charge in [-0.1, -0.05) is 37.3 Å². The standard InChI is InChI=1S/C26H32N2O2/c1-2-26(29)30-23-11-12-25-24(18-23)22(19-27-25)10-6-7-15-28-16-13-21(14-17-28)20-8-4-3-5-9-20/h3-5,8-9,11-12,18-19,21,27H,2,6-7,10,13-17H2,1H3. The predicted molar refractivity (Wildman–Crippen MR) is 122 cm³/mol. The van der Waals surface area contributed by atoms with Crippen LogP contribution in [-0.2, 0) is 11.2 Å². The molecule has 0 atom stereocenters. The lowest BCUT2D eigenvalue weighted by Gasteiger charge is -2.32. The molecule has 1 aliphatic rings. The highest BCUT2D eigenvalue weighted by atomic mass is 16.5. The van der Waals surface area contributed by atoms with Gasteiger partial charge in [0.25, 0.3) is 0 Å². The molecule has 4 nitrogen and oxygen atoms in total. The van der Waals surface area contributed by atoms with Crippen molar-refractivity contribution in [3.63, 3.8) is 0 Å². The average Bonchev–Trinajstić information content (AvgIpc) is 3.20. The fraction of sp³-hybridized carbons (Fsp3) is 0.423. The molecule has 30 heavy (non-hydrogen) atoms. The van der Waals surface area contributed by atoms with E-state index >= 15 is 0 Å². The van der Waals surface area contributed by atoms with Crippen molar-refractivity contribution in [3.8, 4) is 5.75 Å². The summed E-state index contributed by atoms with van der Waals surface area (Å²) in [5.41, 5.74) is 3.91. The minimum Gasteiger partial charge on any atom is -0.427 e. The van der Waals surface area contributed by atoms with Gasteiger partial charge in [-0.15, -0.1) is 0 Å². The fourth-order valence-corrected chi connectivity index (χ4v) is 4.50. The van der Waals surface area contributed by atoms with Crippen LogP contribution in [0.3, 0.4) is 0 Å². The average molecular weight is 405 g/mol.